The molecule has 1 aromatic carbocycles. The van der Waals surface area contributed by atoms with Crippen molar-refractivity contribution in [1.29, 1.82) is 0 Å². The number of nitrogens with zero attached hydrogens (tertiary/aromatic N) is 1. The van der Waals surface area contributed by atoms with Crippen LogP contribution in [-0.4, -0.2) is 44.1 Å². The number of aliphatic hydroxyl groups is 1. The number of hydrogen-bond donors (Lipinski definition) is 2. The van der Waals surface area contributed by atoms with Gasteiger partial charge in [0, 0.05) is 25.8 Å². The van der Waals surface area contributed by atoms with Gasteiger partial charge in [-0.15, -0.1) is 0 Å². The van der Waals surface area contributed by atoms with Crippen molar-refractivity contribution in [3.63, 3.8) is 0 Å². The molecule has 1 aliphatic rings. The summed E-state index contributed by atoms with van der Waals surface area (Å²) in [5.41, 5.74) is 0.868. The minimum atomic E-state index is -3.47. The number of anilines is 1. The molecule has 1 heterocycles. The molecule has 0 spiro atoms. The Morgan fingerprint density at radius 3 is 2.56 bits per heavy atom. The Morgan fingerprint density at radius 1 is 1.33 bits per heavy atom. The van der Waals surface area contributed by atoms with Gasteiger partial charge in [0.05, 0.1) is 11.0 Å². The first-order chi connectivity index (χ1) is 8.54. The van der Waals surface area contributed by atoms with Crippen molar-refractivity contribution in [2.45, 2.75) is 23.8 Å². The highest BCUT2D eigenvalue weighted by atomic mass is 32.2. The second kappa shape index (κ2) is 5.26. The van der Waals surface area contributed by atoms with Crippen molar-refractivity contribution in [2.24, 2.45) is 0 Å². The number of benzene rings is 1. The number of β-amino-alcohol motifs (C(OH)–C–C–N with tert-alkyl or cyclic N) is 1. The summed E-state index contributed by atoms with van der Waals surface area (Å²) in [5, 5.41) is 12.5. The molecule has 5 nitrogen and oxygen atoms in total. The van der Waals surface area contributed by atoms with Crippen LogP contribution in [0.2, 0.25) is 0 Å². The van der Waals surface area contributed by atoms with E-state index in [0.717, 1.165) is 5.69 Å². The van der Waals surface area contributed by atoms with E-state index in [2.05, 4.69) is 5.32 Å². The minimum absolute atomic E-state index is 0.191. The van der Waals surface area contributed by atoms with E-state index >= 15 is 0 Å². The predicted octanol–water partition coefficient (Wildman–Crippen LogP) is 0.874. The maximum Gasteiger partial charge on any atom is 0.243 e. The molecule has 0 aliphatic carbocycles. The number of aliphatic hydroxyl groups excluding tert-OH is 1. The van der Waals surface area contributed by atoms with Crippen LogP contribution in [-0.2, 0) is 10.0 Å². The van der Waals surface area contributed by atoms with Crippen molar-refractivity contribution >= 4 is 15.7 Å². The molecule has 18 heavy (non-hydrogen) atoms. The molecule has 1 aromatic rings. The molecule has 0 bridgehead atoms. The van der Waals surface area contributed by atoms with E-state index in [1.807, 2.05) is 0 Å². The Kier molecular flexibility index (Phi) is 3.89. The van der Waals surface area contributed by atoms with E-state index in [0.29, 0.717) is 19.4 Å². The van der Waals surface area contributed by atoms with Crippen molar-refractivity contribution < 1.29 is 13.5 Å². The van der Waals surface area contributed by atoms with Crippen LogP contribution in [0.4, 0.5) is 5.69 Å². The summed E-state index contributed by atoms with van der Waals surface area (Å²) in [6.07, 6.45) is 0.824. The second-order valence-electron chi connectivity index (χ2n) is 4.43. The molecule has 1 aliphatic heterocycles. The first-order valence-corrected chi connectivity index (χ1v) is 7.44. The van der Waals surface area contributed by atoms with Gasteiger partial charge in [-0.1, -0.05) is 0 Å². The third-order valence-corrected chi connectivity index (χ3v) is 5.02. The Balaban J connectivity index is 2.23. The third kappa shape index (κ3) is 2.66. The lowest BCUT2D eigenvalue weighted by Crippen LogP contribution is -2.42. The maximum absolute atomic E-state index is 12.3. The van der Waals surface area contributed by atoms with Crippen molar-refractivity contribution in [1.82, 2.24) is 4.31 Å². The summed E-state index contributed by atoms with van der Waals surface area (Å²) in [4.78, 5) is 0.274. The van der Waals surface area contributed by atoms with Gasteiger partial charge in [-0.05, 0) is 37.1 Å². The lowest BCUT2D eigenvalue weighted by Gasteiger charge is -2.29. The van der Waals surface area contributed by atoms with Crippen LogP contribution < -0.4 is 5.32 Å². The summed E-state index contributed by atoms with van der Waals surface area (Å²) in [6, 6.07) is 6.63. The fraction of sp³-hybridized carbons (Fsp3) is 0.500. The van der Waals surface area contributed by atoms with Crippen LogP contribution in [0, 0.1) is 0 Å². The lowest BCUT2D eigenvalue weighted by atomic mass is 10.1. The van der Waals surface area contributed by atoms with Gasteiger partial charge in [0.1, 0.15) is 0 Å². The predicted molar refractivity (Wildman–Crippen MR) is 70.0 cm³/mol. The summed E-state index contributed by atoms with van der Waals surface area (Å²) in [5.74, 6) is 0. The molecule has 2 N–H and O–H groups in total. The minimum Gasteiger partial charge on any atom is -0.392 e. The van der Waals surface area contributed by atoms with Crippen LogP contribution in [0.25, 0.3) is 0 Å². The van der Waals surface area contributed by atoms with Gasteiger partial charge in [0.25, 0.3) is 0 Å². The SMILES string of the molecule is CNc1ccc(S(=O)(=O)N2CCCC(O)C2)cc1. The normalized spacial score (nSPS) is 21.8. The first-order valence-electron chi connectivity index (χ1n) is 6.00. The largest absolute Gasteiger partial charge is 0.392 e. The highest BCUT2D eigenvalue weighted by Gasteiger charge is 2.29. The third-order valence-electron chi connectivity index (χ3n) is 3.14. The summed E-state index contributed by atoms with van der Waals surface area (Å²) in [6.45, 7) is 0.670. The van der Waals surface area contributed by atoms with Crippen molar-refractivity contribution in [2.75, 3.05) is 25.5 Å². The number of sulfonamides is 1. The van der Waals surface area contributed by atoms with Gasteiger partial charge >= 0.3 is 0 Å². The highest BCUT2D eigenvalue weighted by molar-refractivity contribution is 7.89. The van der Waals surface area contributed by atoms with E-state index in [-0.39, 0.29) is 11.4 Å². The summed E-state index contributed by atoms with van der Waals surface area (Å²) < 4.78 is 26.0. The Labute approximate surface area is 107 Å². The van der Waals surface area contributed by atoms with E-state index in [1.54, 1.807) is 31.3 Å². The summed E-state index contributed by atoms with van der Waals surface area (Å²) in [7, 11) is -1.69. The topological polar surface area (TPSA) is 69.6 Å². The standard InChI is InChI=1S/C12H18N2O3S/c1-13-10-4-6-12(7-5-10)18(16,17)14-8-2-3-11(15)9-14/h4-7,11,13,15H,2-3,8-9H2,1H3. The van der Waals surface area contributed by atoms with Gasteiger partial charge < -0.3 is 10.4 Å². The van der Waals surface area contributed by atoms with Gasteiger partial charge in [-0.25, -0.2) is 8.42 Å². The molecule has 1 unspecified atom stereocenters. The molecule has 1 atom stereocenters. The molecule has 0 amide bonds. The van der Waals surface area contributed by atoms with Gasteiger partial charge in [-0.3, -0.25) is 0 Å². The molecule has 0 aromatic heterocycles. The molecular weight excluding hydrogens is 252 g/mol. The van der Waals surface area contributed by atoms with E-state index in [9.17, 15) is 13.5 Å². The molecule has 1 fully saturated rings. The average molecular weight is 270 g/mol. The maximum atomic E-state index is 12.3. The number of hydrogen-bond acceptors (Lipinski definition) is 4. The van der Waals surface area contributed by atoms with Crippen LogP contribution in [0.15, 0.2) is 29.2 Å². The van der Waals surface area contributed by atoms with Crippen molar-refractivity contribution in [3.8, 4) is 0 Å². The van der Waals surface area contributed by atoms with Crippen LogP contribution in [0.1, 0.15) is 12.8 Å². The quantitative estimate of drug-likeness (QED) is 0.855. The Morgan fingerprint density at radius 2 is 2.00 bits per heavy atom. The zero-order valence-electron chi connectivity index (χ0n) is 10.3. The zero-order valence-corrected chi connectivity index (χ0v) is 11.2. The van der Waals surface area contributed by atoms with Gasteiger partial charge in [0.15, 0.2) is 0 Å². The molecule has 0 radical (unpaired) electrons. The average Bonchev–Trinajstić information content (AvgIpc) is 2.39. The number of nitrogens with one attached hydrogen (secondary N) is 1. The monoisotopic (exact) mass is 270 g/mol. The van der Waals surface area contributed by atoms with Crippen LogP contribution in [0.3, 0.4) is 0 Å². The highest BCUT2D eigenvalue weighted by Crippen LogP contribution is 2.21. The number of piperidine rings is 1. The van der Waals surface area contributed by atoms with Crippen LogP contribution in [0.5, 0.6) is 0 Å². The summed E-state index contributed by atoms with van der Waals surface area (Å²) >= 11 is 0. The molecular formula is C12H18N2O3S. The van der Waals surface area contributed by atoms with E-state index < -0.39 is 16.1 Å². The molecule has 0 saturated carbocycles. The van der Waals surface area contributed by atoms with Gasteiger partial charge in [0.2, 0.25) is 10.0 Å². The Bertz CT molecular complexity index is 499. The Hall–Kier alpha value is -1.11. The smallest absolute Gasteiger partial charge is 0.243 e. The van der Waals surface area contributed by atoms with Gasteiger partial charge in [-0.2, -0.15) is 4.31 Å². The first kappa shape index (κ1) is 13.3. The molecule has 6 heteroatoms. The van der Waals surface area contributed by atoms with E-state index in [4.69, 9.17) is 0 Å². The fourth-order valence-corrected chi connectivity index (χ4v) is 3.60. The second-order valence-corrected chi connectivity index (χ2v) is 6.37. The fourth-order valence-electron chi connectivity index (χ4n) is 2.08. The molecule has 100 valence electrons. The number of rotatable bonds is 3. The van der Waals surface area contributed by atoms with Crippen molar-refractivity contribution in [3.05, 3.63) is 24.3 Å². The molecule has 1 saturated heterocycles. The molecule has 2 rings (SSSR count). The zero-order chi connectivity index (χ0) is 13.2. The van der Waals surface area contributed by atoms with Crippen LogP contribution >= 0.6 is 0 Å². The lowest BCUT2D eigenvalue weighted by molar-refractivity contribution is 0.108. The van der Waals surface area contributed by atoms with E-state index in [1.165, 1.54) is 4.31 Å².